The highest BCUT2D eigenvalue weighted by atomic mass is 19.1. The van der Waals surface area contributed by atoms with Crippen molar-refractivity contribution in [2.75, 3.05) is 25.9 Å². The molecular formula is C23H25FN6O. The molecule has 1 saturated heterocycles. The van der Waals surface area contributed by atoms with Crippen LogP contribution >= 0.6 is 0 Å². The van der Waals surface area contributed by atoms with Gasteiger partial charge in [-0.15, -0.1) is 0 Å². The first-order valence-electron chi connectivity index (χ1n) is 10.5. The zero-order valence-electron chi connectivity index (χ0n) is 17.5. The second kappa shape index (κ2) is 7.77. The van der Waals surface area contributed by atoms with Gasteiger partial charge in [-0.3, -0.25) is 14.5 Å². The standard InChI is InChI=1S/C23H25FN6O/c1-28-10-15(11-28)12-30-22-14-29(13-17(22)9-26-30)23(31)8-21-19(25)6-7-20(27-21)16-2-4-18(24)5-3-16/h2-7,9,15H,8,10-14,25H2,1H3. The van der Waals surface area contributed by atoms with Crippen LogP contribution in [0.2, 0.25) is 0 Å². The highest BCUT2D eigenvalue weighted by molar-refractivity contribution is 5.80. The Morgan fingerprint density at radius 3 is 2.68 bits per heavy atom. The maximum Gasteiger partial charge on any atom is 0.229 e. The number of nitrogen functional groups attached to an aromatic ring is 1. The summed E-state index contributed by atoms with van der Waals surface area (Å²) in [7, 11) is 2.12. The van der Waals surface area contributed by atoms with E-state index in [1.54, 1.807) is 24.3 Å². The maximum absolute atomic E-state index is 13.2. The van der Waals surface area contributed by atoms with Crippen molar-refractivity contribution < 1.29 is 9.18 Å². The van der Waals surface area contributed by atoms with Gasteiger partial charge in [-0.05, 0) is 43.4 Å². The lowest BCUT2D eigenvalue weighted by atomic mass is 10.0. The number of hydrogen-bond donors (Lipinski definition) is 1. The van der Waals surface area contributed by atoms with Crippen molar-refractivity contribution in [3.63, 3.8) is 0 Å². The molecule has 2 aliphatic heterocycles. The van der Waals surface area contributed by atoms with E-state index < -0.39 is 0 Å². The number of likely N-dealkylation sites (tertiary alicyclic amines) is 1. The highest BCUT2D eigenvalue weighted by Gasteiger charge is 2.30. The Kier molecular flexibility index (Phi) is 4.94. The molecule has 160 valence electrons. The van der Waals surface area contributed by atoms with Crippen molar-refractivity contribution in [3.8, 4) is 11.3 Å². The molecule has 7 nitrogen and oxygen atoms in total. The molecule has 2 N–H and O–H groups in total. The number of hydrogen-bond acceptors (Lipinski definition) is 5. The molecular weight excluding hydrogens is 395 g/mol. The minimum atomic E-state index is -0.300. The van der Waals surface area contributed by atoms with E-state index in [2.05, 4.69) is 26.7 Å². The van der Waals surface area contributed by atoms with Crippen molar-refractivity contribution in [3.05, 3.63) is 65.4 Å². The van der Waals surface area contributed by atoms with Crippen molar-refractivity contribution in [1.29, 1.82) is 0 Å². The predicted molar refractivity (Wildman–Crippen MR) is 115 cm³/mol. The number of benzene rings is 1. The average molecular weight is 420 g/mol. The Bertz CT molecular complexity index is 1120. The third-order valence-corrected chi connectivity index (χ3v) is 6.13. The molecule has 0 saturated carbocycles. The number of pyridine rings is 1. The van der Waals surface area contributed by atoms with Crippen LogP contribution in [0.4, 0.5) is 10.1 Å². The van der Waals surface area contributed by atoms with Crippen LogP contribution in [-0.4, -0.2) is 50.6 Å². The van der Waals surface area contributed by atoms with E-state index in [1.807, 2.05) is 11.1 Å². The second-order valence-electron chi connectivity index (χ2n) is 8.55. The Balaban J connectivity index is 1.27. The molecule has 1 amide bonds. The molecule has 0 aliphatic carbocycles. The van der Waals surface area contributed by atoms with Crippen LogP contribution in [0.1, 0.15) is 17.0 Å². The van der Waals surface area contributed by atoms with E-state index >= 15 is 0 Å². The summed E-state index contributed by atoms with van der Waals surface area (Å²) in [5.41, 5.74) is 10.8. The Labute approximate surface area is 180 Å². The molecule has 1 aromatic carbocycles. The first-order valence-corrected chi connectivity index (χ1v) is 10.5. The van der Waals surface area contributed by atoms with E-state index in [-0.39, 0.29) is 18.1 Å². The Morgan fingerprint density at radius 1 is 1.16 bits per heavy atom. The topological polar surface area (TPSA) is 80.3 Å². The molecule has 5 rings (SSSR count). The van der Waals surface area contributed by atoms with Crippen LogP contribution < -0.4 is 5.73 Å². The number of anilines is 1. The summed E-state index contributed by atoms with van der Waals surface area (Å²) in [6.07, 6.45) is 2.01. The third-order valence-electron chi connectivity index (χ3n) is 6.13. The monoisotopic (exact) mass is 420 g/mol. The molecule has 4 heterocycles. The van der Waals surface area contributed by atoms with Gasteiger partial charge in [-0.2, -0.15) is 5.10 Å². The van der Waals surface area contributed by atoms with Gasteiger partial charge in [0.05, 0.1) is 41.9 Å². The summed E-state index contributed by atoms with van der Waals surface area (Å²) >= 11 is 0. The smallest absolute Gasteiger partial charge is 0.229 e. The summed E-state index contributed by atoms with van der Waals surface area (Å²) in [6, 6.07) is 9.66. The van der Waals surface area contributed by atoms with Crippen molar-refractivity contribution in [2.24, 2.45) is 5.92 Å². The number of halogens is 1. The normalized spacial score (nSPS) is 16.4. The van der Waals surface area contributed by atoms with Crippen LogP contribution in [0.25, 0.3) is 11.3 Å². The summed E-state index contributed by atoms with van der Waals surface area (Å²) < 4.78 is 15.3. The van der Waals surface area contributed by atoms with Gasteiger partial charge in [-0.1, -0.05) is 0 Å². The van der Waals surface area contributed by atoms with Crippen LogP contribution in [-0.2, 0) is 30.8 Å². The number of carbonyl (C=O) groups excluding carboxylic acids is 1. The van der Waals surface area contributed by atoms with Crippen molar-refractivity contribution >= 4 is 11.6 Å². The average Bonchev–Trinajstić information content (AvgIpc) is 3.31. The fraction of sp³-hybridized carbons (Fsp3) is 0.348. The van der Waals surface area contributed by atoms with Gasteiger partial charge in [0.25, 0.3) is 0 Å². The molecule has 2 aliphatic rings. The van der Waals surface area contributed by atoms with Crippen molar-refractivity contribution in [2.45, 2.75) is 26.1 Å². The lowest BCUT2D eigenvalue weighted by molar-refractivity contribution is -0.131. The van der Waals surface area contributed by atoms with Gasteiger partial charge < -0.3 is 15.5 Å². The van der Waals surface area contributed by atoms with E-state index in [0.717, 1.165) is 36.5 Å². The molecule has 8 heteroatoms. The van der Waals surface area contributed by atoms with E-state index in [9.17, 15) is 9.18 Å². The predicted octanol–water partition coefficient (Wildman–Crippen LogP) is 2.31. The second-order valence-corrected chi connectivity index (χ2v) is 8.55. The molecule has 31 heavy (non-hydrogen) atoms. The van der Waals surface area contributed by atoms with Crippen LogP contribution in [0.5, 0.6) is 0 Å². The number of nitrogens with zero attached hydrogens (tertiary/aromatic N) is 5. The van der Waals surface area contributed by atoms with Crippen molar-refractivity contribution in [1.82, 2.24) is 24.6 Å². The van der Waals surface area contributed by atoms with Crippen LogP contribution in [0.3, 0.4) is 0 Å². The van der Waals surface area contributed by atoms with E-state index in [0.29, 0.717) is 36.1 Å². The number of fused-ring (bicyclic) bond motifs is 1. The Morgan fingerprint density at radius 2 is 1.94 bits per heavy atom. The van der Waals surface area contributed by atoms with Crippen LogP contribution in [0, 0.1) is 11.7 Å². The number of amides is 1. The molecule has 0 bridgehead atoms. The SMILES string of the molecule is CN1CC(Cn2ncc3c2CN(C(=O)Cc2nc(-c4ccc(F)cc4)ccc2N)C3)C1. The number of carbonyl (C=O) groups is 1. The number of nitrogens with two attached hydrogens (primary N) is 1. The largest absolute Gasteiger partial charge is 0.397 e. The van der Waals surface area contributed by atoms with Gasteiger partial charge in [0, 0.05) is 43.2 Å². The number of rotatable bonds is 5. The zero-order chi connectivity index (χ0) is 21.5. The number of aromatic nitrogens is 3. The quantitative estimate of drug-likeness (QED) is 0.685. The summed E-state index contributed by atoms with van der Waals surface area (Å²) in [5.74, 6) is 0.310. The zero-order valence-corrected chi connectivity index (χ0v) is 17.5. The van der Waals surface area contributed by atoms with E-state index in [1.165, 1.54) is 12.1 Å². The molecule has 0 radical (unpaired) electrons. The lowest BCUT2D eigenvalue weighted by Gasteiger charge is -2.36. The first-order chi connectivity index (χ1) is 15.0. The molecule has 2 aromatic heterocycles. The Hall–Kier alpha value is -3.26. The fourth-order valence-corrected chi connectivity index (χ4v) is 4.42. The fourth-order valence-electron chi connectivity index (χ4n) is 4.42. The molecule has 0 unspecified atom stereocenters. The minimum absolute atomic E-state index is 0.0124. The molecule has 0 atom stereocenters. The van der Waals surface area contributed by atoms with Gasteiger partial charge >= 0.3 is 0 Å². The summed E-state index contributed by atoms with van der Waals surface area (Å²) in [5, 5.41) is 4.53. The summed E-state index contributed by atoms with van der Waals surface area (Å²) in [4.78, 5) is 21.7. The van der Waals surface area contributed by atoms with Gasteiger partial charge in [-0.25, -0.2) is 4.39 Å². The molecule has 3 aromatic rings. The van der Waals surface area contributed by atoms with E-state index in [4.69, 9.17) is 5.73 Å². The van der Waals surface area contributed by atoms with Gasteiger partial charge in [0.15, 0.2) is 0 Å². The summed E-state index contributed by atoms with van der Waals surface area (Å²) in [6.45, 7) is 4.21. The third kappa shape index (κ3) is 3.90. The van der Waals surface area contributed by atoms with Crippen LogP contribution in [0.15, 0.2) is 42.6 Å². The minimum Gasteiger partial charge on any atom is -0.397 e. The van der Waals surface area contributed by atoms with Gasteiger partial charge in [0.1, 0.15) is 5.82 Å². The lowest BCUT2D eigenvalue weighted by Crippen LogP contribution is -2.45. The van der Waals surface area contributed by atoms with Gasteiger partial charge in [0.2, 0.25) is 5.91 Å². The molecule has 0 spiro atoms. The highest BCUT2D eigenvalue weighted by Crippen LogP contribution is 2.26. The molecule has 1 fully saturated rings. The maximum atomic E-state index is 13.2. The first kappa shape index (κ1) is 19.7.